The highest BCUT2D eigenvalue weighted by Gasteiger charge is 2.62. The fraction of sp³-hybridized carbons (Fsp3) is 0.880. The maximum Gasteiger partial charge on any atom is 0.346 e. The van der Waals surface area contributed by atoms with E-state index in [9.17, 15) is 4.79 Å². The zero-order chi connectivity index (χ0) is 23.9. The first-order chi connectivity index (χ1) is 15.2. The van der Waals surface area contributed by atoms with E-state index in [0.29, 0.717) is 12.1 Å². The predicted octanol–water partition coefficient (Wildman–Crippen LogP) is 4.95. The topological polar surface area (TPSA) is 77.2 Å². The second-order valence-electron chi connectivity index (χ2n) is 10.6. The third-order valence-corrected chi connectivity index (χ3v) is 8.53. The summed E-state index contributed by atoms with van der Waals surface area (Å²) in [6.45, 7) is 14.9. The Morgan fingerprint density at radius 2 is 1.78 bits per heavy atom. The molecule has 0 radical (unpaired) electrons. The van der Waals surface area contributed by atoms with Crippen molar-refractivity contribution < 1.29 is 14.1 Å². The summed E-state index contributed by atoms with van der Waals surface area (Å²) in [6, 6.07) is 1.16. The lowest BCUT2D eigenvalue weighted by Crippen LogP contribution is -2.72. The Morgan fingerprint density at radius 3 is 2.41 bits per heavy atom. The summed E-state index contributed by atoms with van der Waals surface area (Å²) in [5, 5.41) is 13.6. The van der Waals surface area contributed by atoms with Crippen molar-refractivity contribution in [2.75, 3.05) is 0 Å². The molecular weight excluding hydrogens is 468 g/mol. The largest absolute Gasteiger partial charge is 0.512 e. The summed E-state index contributed by atoms with van der Waals surface area (Å²) in [6.07, 6.45) is 14.1. The first kappa shape index (κ1) is 27.0. The van der Waals surface area contributed by atoms with Crippen LogP contribution in [-0.2, 0) is 9.53 Å². The molecule has 0 aromatic heterocycles. The molecule has 3 aliphatic heterocycles. The SMILES string of the molecule is CCCCCCCCC[C@@H]1C[C@@H]2CC[C@@H]3[N+]2=C(N1)N[C@H](C)[C@@]3(Br)C(=O)OC(C)(C)C.[C-]#N. The normalized spacial score (nSPS) is 31.0. The standard InChI is InChI=1S/C24H42BrN3O2.CN/c1-6-7-8-9-10-11-12-13-18-16-19-14-15-20-24(25,21(29)30-23(3,4)5)17(2)26-22(27-18)28(19)20;1-2/h17-20H,6-16H2,1-5H3,(H,26,27);/q;-1/p+1/t17-,18-,19+,20+,24+;/m1./s1. The number of carbonyl (C=O) groups is 1. The fourth-order valence-electron chi connectivity index (χ4n) is 5.44. The number of guanidine groups is 1. The minimum atomic E-state index is -0.717. The second kappa shape index (κ2) is 11.7. The van der Waals surface area contributed by atoms with Gasteiger partial charge in [0.15, 0.2) is 4.32 Å². The van der Waals surface area contributed by atoms with Crippen molar-refractivity contribution in [2.45, 2.75) is 139 Å². The van der Waals surface area contributed by atoms with E-state index >= 15 is 0 Å². The molecule has 3 rings (SSSR count). The van der Waals surface area contributed by atoms with Crippen molar-refractivity contribution in [3.8, 4) is 0 Å². The zero-order valence-corrected chi connectivity index (χ0v) is 22.3. The Kier molecular flexibility index (Phi) is 9.87. The lowest BCUT2D eigenvalue weighted by atomic mass is 9.89. The minimum Gasteiger partial charge on any atom is -0.512 e. The van der Waals surface area contributed by atoms with Crippen LogP contribution in [0.4, 0.5) is 0 Å². The molecule has 2 N–H and O–H groups in total. The van der Waals surface area contributed by atoms with E-state index in [1.165, 1.54) is 57.8 Å². The van der Waals surface area contributed by atoms with Crippen molar-refractivity contribution in [2.24, 2.45) is 0 Å². The lowest BCUT2D eigenvalue weighted by molar-refractivity contribution is -0.595. The highest BCUT2D eigenvalue weighted by Crippen LogP contribution is 2.42. The Hall–Kier alpha value is -1.29. The van der Waals surface area contributed by atoms with Crippen molar-refractivity contribution in [3.05, 3.63) is 6.57 Å². The molecular formula is C25H43BrN4O2. The highest BCUT2D eigenvalue weighted by atomic mass is 79.9. The van der Waals surface area contributed by atoms with Crippen LogP contribution < -0.4 is 10.6 Å². The van der Waals surface area contributed by atoms with E-state index in [2.05, 4.69) is 45.0 Å². The number of carbonyl (C=O) groups excluding carboxylic acids is 1. The molecule has 0 bridgehead atoms. The number of hydrogen-bond donors (Lipinski definition) is 2. The van der Waals surface area contributed by atoms with Gasteiger partial charge < -0.3 is 16.6 Å². The molecule has 0 spiro atoms. The molecule has 0 unspecified atom stereocenters. The van der Waals surface area contributed by atoms with Gasteiger partial charge in [0.25, 0.3) is 0 Å². The van der Waals surface area contributed by atoms with Gasteiger partial charge in [-0.3, -0.25) is 20.0 Å². The van der Waals surface area contributed by atoms with E-state index in [1.54, 1.807) is 0 Å². The van der Waals surface area contributed by atoms with Gasteiger partial charge >= 0.3 is 11.9 Å². The number of nitrogens with zero attached hydrogens (tertiary/aromatic N) is 2. The van der Waals surface area contributed by atoms with Crippen LogP contribution in [0.2, 0.25) is 0 Å². The first-order valence-electron chi connectivity index (χ1n) is 12.5. The molecule has 3 heterocycles. The van der Waals surface area contributed by atoms with Crippen LogP contribution in [0.3, 0.4) is 0 Å². The summed E-state index contributed by atoms with van der Waals surface area (Å²) in [5.74, 6) is 0.984. The Balaban J connectivity index is 0.00000176. The van der Waals surface area contributed by atoms with E-state index < -0.39 is 9.93 Å². The van der Waals surface area contributed by atoms with Crippen LogP contribution >= 0.6 is 15.9 Å². The number of alkyl halides is 1. The molecule has 0 aromatic carbocycles. The molecule has 32 heavy (non-hydrogen) atoms. The molecule has 0 aliphatic carbocycles. The molecule has 182 valence electrons. The number of hydrogen-bond acceptors (Lipinski definition) is 5. The zero-order valence-electron chi connectivity index (χ0n) is 20.7. The quantitative estimate of drug-likeness (QED) is 0.151. The van der Waals surface area contributed by atoms with Crippen molar-refractivity contribution in [1.82, 2.24) is 10.6 Å². The molecule has 6 nitrogen and oxygen atoms in total. The molecule has 0 amide bonds. The van der Waals surface area contributed by atoms with Crippen molar-refractivity contribution in [1.29, 1.82) is 5.26 Å². The van der Waals surface area contributed by atoms with Crippen LogP contribution in [0, 0.1) is 11.8 Å². The van der Waals surface area contributed by atoms with Crippen molar-refractivity contribution >= 4 is 27.9 Å². The number of ether oxygens (including phenoxy) is 1. The maximum atomic E-state index is 13.2. The van der Waals surface area contributed by atoms with Gasteiger partial charge in [0.05, 0.1) is 12.1 Å². The monoisotopic (exact) mass is 510 g/mol. The Bertz CT molecular complexity index is 687. The number of unbranched alkanes of at least 4 members (excludes halogenated alkanes) is 6. The van der Waals surface area contributed by atoms with Gasteiger partial charge in [0, 0.05) is 6.42 Å². The lowest BCUT2D eigenvalue weighted by Gasteiger charge is -2.43. The van der Waals surface area contributed by atoms with E-state index in [-0.39, 0.29) is 18.1 Å². The Labute approximate surface area is 203 Å². The van der Waals surface area contributed by atoms with Crippen LogP contribution in [0.15, 0.2) is 0 Å². The van der Waals surface area contributed by atoms with Crippen LogP contribution in [-0.4, -0.2) is 50.6 Å². The molecule has 1 saturated heterocycles. The third-order valence-electron chi connectivity index (χ3n) is 6.99. The second-order valence-corrected chi connectivity index (χ2v) is 11.9. The van der Waals surface area contributed by atoms with Gasteiger partial charge in [-0.2, -0.15) is 0 Å². The summed E-state index contributed by atoms with van der Waals surface area (Å²) in [5.41, 5.74) is -0.485. The summed E-state index contributed by atoms with van der Waals surface area (Å²) in [7, 11) is 0. The average Bonchev–Trinajstić information content (AvgIpc) is 3.17. The minimum absolute atomic E-state index is 0.0350. The van der Waals surface area contributed by atoms with Crippen molar-refractivity contribution in [3.63, 3.8) is 0 Å². The van der Waals surface area contributed by atoms with Crippen LogP contribution in [0.25, 0.3) is 0 Å². The van der Waals surface area contributed by atoms with Gasteiger partial charge in [-0.05, 0) is 47.0 Å². The van der Waals surface area contributed by atoms with Gasteiger partial charge in [0.1, 0.15) is 17.7 Å². The van der Waals surface area contributed by atoms with E-state index in [4.69, 9.17) is 16.6 Å². The number of rotatable bonds is 9. The average molecular weight is 512 g/mol. The molecule has 3 aliphatic rings. The summed E-state index contributed by atoms with van der Waals surface area (Å²) < 4.78 is 7.55. The highest BCUT2D eigenvalue weighted by molar-refractivity contribution is 9.10. The molecule has 5 atom stereocenters. The summed E-state index contributed by atoms with van der Waals surface area (Å²) in [4.78, 5) is 13.2. The molecule has 1 fully saturated rings. The fourth-order valence-corrected chi connectivity index (χ4v) is 6.09. The van der Waals surface area contributed by atoms with Crippen LogP contribution in [0.5, 0.6) is 0 Å². The molecule has 7 heteroatoms. The summed E-state index contributed by atoms with van der Waals surface area (Å²) >= 11 is 3.87. The van der Waals surface area contributed by atoms with E-state index in [0.717, 1.165) is 18.8 Å². The van der Waals surface area contributed by atoms with Gasteiger partial charge in [0.2, 0.25) is 0 Å². The van der Waals surface area contributed by atoms with Crippen LogP contribution in [0.1, 0.15) is 105 Å². The maximum absolute atomic E-state index is 13.2. The number of halogens is 1. The van der Waals surface area contributed by atoms with Gasteiger partial charge in [-0.1, -0.05) is 67.8 Å². The predicted molar refractivity (Wildman–Crippen MR) is 131 cm³/mol. The third kappa shape index (κ3) is 6.18. The van der Waals surface area contributed by atoms with Gasteiger partial charge in [-0.15, -0.1) is 0 Å². The number of nitrogens with one attached hydrogen (secondary N) is 2. The Morgan fingerprint density at radius 1 is 1.16 bits per heavy atom. The smallest absolute Gasteiger partial charge is 0.346 e. The first-order valence-corrected chi connectivity index (χ1v) is 13.3. The number of esters is 1. The molecule has 0 saturated carbocycles. The molecule has 0 aromatic rings. The van der Waals surface area contributed by atoms with Gasteiger partial charge in [-0.25, -0.2) is 0 Å². The van der Waals surface area contributed by atoms with E-state index in [1.807, 2.05) is 20.8 Å².